The lowest BCUT2D eigenvalue weighted by Crippen LogP contribution is -2.58. The molecule has 8 heteroatoms. The van der Waals surface area contributed by atoms with Crippen molar-refractivity contribution in [1.82, 2.24) is 5.32 Å². The van der Waals surface area contributed by atoms with Crippen molar-refractivity contribution in [3.8, 4) is 5.75 Å². The van der Waals surface area contributed by atoms with E-state index in [1.54, 1.807) is 7.11 Å². The lowest BCUT2D eigenvalue weighted by atomic mass is 9.46. The summed E-state index contributed by atoms with van der Waals surface area (Å²) in [6, 6.07) is 7.61. The highest BCUT2D eigenvalue weighted by Crippen LogP contribution is 2.67. The fourth-order valence-electron chi connectivity index (χ4n) is 8.81. The van der Waals surface area contributed by atoms with Gasteiger partial charge < -0.3 is 19.9 Å². The summed E-state index contributed by atoms with van der Waals surface area (Å²) >= 11 is 0. The molecule has 6 atom stereocenters. The Kier molecular flexibility index (Phi) is 8.66. The predicted octanol–water partition coefficient (Wildman–Crippen LogP) is 4.51. The number of rotatable bonds is 10. The van der Waals surface area contributed by atoms with Gasteiger partial charge in [-0.3, -0.25) is 19.2 Å². The van der Waals surface area contributed by atoms with Crippen molar-refractivity contribution in [2.75, 3.05) is 20.3 Å². The summed E-state index contributed by atoms with van der Waals surface area (Å²) in [6.45, 7) is 4.34. The summed E-state index contributed by atoms with van der Waals surface area (Å²) in [7, 11) is 1.61. The summed E-state index contributed by atoms with van der Waals surface area (Å²) in [4.78, 5) is 50.1. The van der Waals surface area contributed by atoms with Crippen molar-refractivity contribution in [2.45, 2.75) is 90.1 Å². The molecule has 8 nitrogen and oxygen atoms in total. The number of ether oxygens (including phenoxy) is 2. The molecule has 2 N–H and O–H groups in total. The van der Waals surface area contributed by atoms with Gasteiger partial charge in [0.15, 0.2) is 12.4 Å². The van der Waals surface area contributed by atoms with Crippen LogP contribution in [0.15, 0.2) is 35.9 Å². The normalized spacial score (nSPS) is 33.5. The van der Waals surface area contributed by atoms with Gasteiger partial charge in [0.2, 0.25) is 11.7 Å². The third kappa shape index (κ3) is 5.54. The minimum Gasteiger partial charge on any atom is -0.497 e. The number of hydrogen-bond acceptors (Lipinski definition) is 7. The summed E-state index contributed by atoms with van der Waals surface area (Å²) < 4.78 is 10.4. The Morgan fingerprint density at radius 3 is 2.45 bits per heavy atom. The first-order chi connectivity index (χ1) is 20.0. The molecule has 0 saturated heterocycles. The number of nitrogens with one attached hydrogen (secondary N) is 1. The van der Waals surface area contributed by atoms with E-state index in [9.17, 15) is 24.3 Å². The first-order valence-corrected chi connectivity index (χ1v) is 15.5. The van der Waals surface area contributed by atoms with Gasteiger partial charge in [-0.15, -0.1) is 0 Å². The largest absolute Gasteiger partial charge is 0.497 e. The van der Waals surface area contributed by atoms with E-state index in [4.69, 9.17) is 9.47 Å². The molecule has 3 saturated carbocycles. The van der Waals surface area contributed by atoms with E-state index in [1.807, 2.05) is 30.3 Å². The lowest BCUT2D eigenvalue weighted by molar-refractivity contribution is -0.170. The third-order valence-corrected chi connectivity index (χ3v) is 11.4. The number of ketones is 2. The van der Waals surface area contributed by atoms with Crippen LogP contribution in [0.2, 0.25) is 0 Å². The molecule has 0 spiro atoms. The molecule has 4 aliphatic rings. The Morgan fingerprint density at radius 1 is 0.976 bits per heavy atom. The molecular formula is C34H45NO7. The van der Waals surface area contributed by atoms with E-state index >= 15 is 0 Å². The highest BCUT2D eigenvalue weighted by molar-refractivity contribution is 5.92. The molecule has 0 radical (unpaired) electrons. The first kappa shape index (κ1) is 30.5. The van der Waals surface area contributed by atoms with Crippen LogP contribution in [-0.4, -0.2) is 54.4 Å². The van der Waals surface area contributed by atoms with E-state index in [0.717, 1.165) is 49.8 Å². The Bertz CT molecular complexity index is 1250. The molecule has 3 fully saturated rings. The standard InChI is InChI=1S/C34H45NO7/c1-32-16-12-24(36)20-23(32)6-9-26-27(32)13-17-33(2)28(26)14-18-34(33,40)29(37)21-42-31(39)11-10-30(38)35-19-15-22-4-7-25(41-3)8-5-22/h4-5,7-8,20,26-28,40H,6,9-19,21H2,1-3H3,(H,35,38)/t26?,27?,28?,32-,33-,34-/m0/s1. The number of methoxy groups -OCH3 is 1. The third-order valence-electron chi connectivity index (χ3n) is 11.4. The number of Topliss-reactive ketones (excluding diaryl/α,β-unsaturated/α-hetero) is 1. The van der Waals surface area contributed by atoms with Gasteiger partial charge in [-0.05, 0) is 98.3 Å². The smallest absolute Gasteiger partial charge is 0.306 e. The summed E-state index contributed by atoms with van der Waals surface area (Å²) in [5.74, 6) is 0.791. The molecule has 1 amide bonds. The van der Waals surface area contributed by atoms with Crippen LogP contribution in [0.1, 0.15) is 83.6 Å². The second-order valence-electron chi connectivity index (χ2n) is 13.4. The van der Waals surface area contributed by atoms with Gasteiger partial charge in [-0.25, -0.2) is 0 Å². The fraction of sp³-hybridized carbons (Fsp3) is 0.647. The molecular weight excluding hydrogens is 534 g/mol. The van der Waals surface area contributed by atoms with E-state index in [2.05, 4.69) is 19.2 Å². The van der Waals surface area contributed by atoms with Gasteiger partial charge >= 0.3 is 5.97 Å². The molecule has 3 unspecified atom stereocenters. The fourth-order valence-corrected chi connectivity index (χ4v) is 8.81. The monoisotopic (exact) mass is 579 g/mol. The molecule has 0 heterocycles. The van der Waals surface area contributed by atoms with Crippen LogP contribution in [0.3, 0.4) is 0 Å². The highest BCUT2D eigenvalue weighted by Gasteiger charge is 2.66. The number of benzene rings is 1. The minimum atomic E-state index is -1.53. The van der Waals surface area contributed by atoms with Crippen LogP contribution in [0.25, 0.3) is 0 Å². The number of amides is 1. The first-order valence-electron chi connectivity index (χ1n) is 15.5. The van der Waals surface area contributed by atoms with E-state index in [0.29, 0.717) is 37.6 Å². The highest BCUT2D eigenvalue weighted by atomic mass is 16.5. The number of fused-ring (bicyclic) bond motifs is 5. The molecule has 0 aromatic heterocycles. The average Bonchev–Trinajstić information content (AvgIpc) is 3.26. The SMILES string of the molecule is COc1ccc(CCNC(=O)CCC(=O)OCC(=O)[C@@]2(O)CCC3C4CCC5=CC(=O)CC[C@]5(C)C4CC[C@@]32C)cc1. The molecule has 228 valence electrons. The number of hydrogen-bond donors (Lipinski definition) is 2. The van der Waals surface area contributed by atoms with Crippen LogP contribution in [0, 0.1) is 28.6 Å². The maximum atomic E-state index is 13.4. The van der Waals surface area contributed by atoms with Gasteiger partial charge in [0.1, 0.15) is 11.4 Å². The number of carbonyl (C=O) groups is 4. The lowest BCUT2D eigenvalue weighted by Gasteiger charge is -2.58. The van der Waals surface area contributed by atoms with Gasteiger partial charge in [-0.1, -0.05) is 31.6 Å². The van der Waals surface area contributed by atoms with E-state index < -0.39 is 29.4 Å². The zero-order valence-electron chi connectivity index (χ0n) is 25.2. The van der Waals surface area contributed by atoms with Crippen LogP contribution in [0.5, 0.6) is 5.75 Å². The van der Waals surface area contributed by atoms with Crippen molar-refractivity contribution in [3.63, 3.8) is 0 Å². The molecule has 5 rings (SSSR count). The van der Waals surface area contributed by atoms with Gasteiger partial charge in [0, 0.05) is 24.8 Å². The van der Waals surface area contributed by atoms with Crippen molar-refractivity contribution in [1.29, 1.82) is 0 Å². The Morgan fingerprint density at radius 2 is 1.71 bits per heavy atom. The molecule has 1 aromatic rings. The number of aliphatic hydroxyl groups is 1. The van der Waals surface area contributed by atoms with Crippen molar-refractivity contribution < 1.29 is 33.8 Å². The summed E-state index contributed by atoms with van der Waals surface area (Å²) in [5, 5.41) is 14.6. The van der Waals surface area contributed by atoms with Crippen LogP contribution in [-0.2, 0) is 30.3 Å². The van der Waals surface area contributed by atoms with Gasteiger partial charge in [-0.2, -0.15) is 0 Å². The van der Waals surface area contributed by atoms with Crippen molar-refractivity contribution >= 4 is 23.4 Å². The molecule has 0 bridgehead atoms. The van der Waals surface area contributed by atoms with Gasteiger partial charge in [0.25, 0.3) is 0 Å². The molecule has 42 heavy (non-hydrogen) atoms. The van der Waals surface area contributed by atoms with Crippen LogP contribution in [0.4, 0.5) is 0 Å². The van der Waals surface area contributed by atoms with Crippen LogP contribution >= 0.6 is 0 Å². The van der Waals surface area contributed by atoms with Crippen molar-refractivity contribution in [3.05, 3.63) is 41.5 Å². The Labute approximate surface area is 248 Å². The molecule has 0 aliphatic heterocycles. The summed E-state index contributed by atoms with van der Waals surface area (Å²) in [6.07, 6.45) is 8.60. The zero-order chi connectivity index (χ0) is 30.1. The molecule has 4 aliphatic carbocycles. The topological polar surface area (TPSA) is 119 Å². The number of esters is 1. The number of allylic oxidation sites excluding steroid dienone is 1. The maximum absolute atomic E-state index is 13.4. The second-order valence-corrected chi connectivity index (χ2v) is 13.4. The van der Waals surface area contributed by atoms with Gasteiger partial charge in [0.05, 0.1) is 13.5 Å². The van der Waals surface area contributed by atoms with Crippen LogP contribution < -0.4 is 10.1 Å². The number of carbonyl (C=O) groups excluding carboxylic acids is 4. The second kappa shape index (κ2) is 11.9. The summed E-state index contributed by atoms with van der Waals surface area (Å²) in [5.41, 5.74) is 0.296. The quantitative estimate of drug-likeness (QED) is 0.392. The van der Waals surface area contributed by atoms with E-state index in [1.165, 1.54) is 5.57 Å². The Balaban J connectivity index is 1.09. The van der Waals surface area contributed by atoms with E-state index in [-0.39, 0.29) is 35.9 Å². The molecule has 1 aromatic carbocycles. The average molecular weight is 580 g/mol. The predicted molar refractivity (Wildman–Crippen MR) is 157 cm³/mol. The zero-order valence-corrected chi connectivity index (χ0v) is 25.2. The Hall–Kier alpha value is -3.00. The van der Waals surface area contributed by atoms with Crippen molar-refractivity contribution in [2.24, 2.45) is 28.6 Å². The maximum Gasteiger partial charge on any atom is 0.306 e. The minimum absolute atomic E-state index is 0.0242.